The summed E-state index contributed by atoms with van der Waals surface area (Å²) in [5.74, 6) is 1.50. The maximum atomic E-state index is 2.61. The van der Waals surface area contributed by atoms with Gasteiger partial charge in [0.1, 0.15) is 0 Å². The molecule has 0 N–H and O–H groups in total. The third-order valence-electron chi connectivity index (χ3n) is 25.3. The zero-order valence-electron chi connectivity index (χ0n) is 64.6. The van der Waals surface area contributed by atoms with Crippen molar-refractivity contribution in [2.24, 2.45) is 11.8 Å². The number of hydrogen-bond donors (Lipinski definition) is 0. The first-order valence-electron chi connectivity index (χ1n) is 41.4. The van der Waals surface area contributed by atoms with Crippen LogP contribution in [-0.2, 0) is 18.3 Å². The summed E-state index contributed by atoms with van der Waals surface area (Å²) in [6.07, 6.45) is 33.2. The summed E-state index contributed by atoms with van der Waals surface area (Å²) in [5.41, 5.74) is 36.3. The minimum Gasteiger partial charge on any atom is -0.310 e. The molecule has 544 valence electrons. The molecule has 0 aliphatic heterocycles. The van der Waals surface area contributed by atoms with Gasteiger partial charge in [0.05, 0.1) is 5.41 Å². The molecule has 6 aliphatic carbocycles. The molecule has 109 heavy (non-hydrogen) atoms. The molecule has 0 radical (unpaired) electrons. The molecule has 1 spiro atoms. The molecule has 4 heteroatoms. The average molecular weight is 1420 g/mol. The van der Waals surface area contributed by atoms with Crippen LogP contribution in [-0.4, -0.2) is 0 Å². The molecule has 0 bridgehead atoms. The van der Waals surface area contributed by atoms with Crippen molar-refractivity contribution in [3.05, 3.63) is 345 Å². The molecule has 18 rings (SSSR count). The summed E-state index contributed by atoms with van der Waals surface area (Å²) in [5, 5.41) is 0. The second kappa shape index (κ2) is 30.8. The van der Waals surface area contributed by atoms with Gasteiger partial charge < -0.3 is 19.6 Å². The molecule has 4 fully saturated rings. The molecule has 12 aromatic carbocycles. The van der Waals surface area contributed by atoms with Gasteiger partial charge in [0.2, 0.25) is 0 Å². The largest absolute Gasteiger partial charge is 0.310 e. The van der Waals surface area contributed by atoms with E-state index in [-0.39, 0.29) is 0 Å². The summed E-state index contributed by atoms with van der Waals surface area (Å²) in [7, 11) is 0. The first kappa shape index (κ1) is 70.0. The maximum Gasteiger partial charge on any atom is 0.0728 e. The number of anilines is 12. The van der Waals surface area contributed by atoms with Crippen molar-refractivity contribution in [2.45, 2.75) is 174 Å². The van der Waals surface area contributed by atoms with Gasteiger partial charge in [-0.3, -0.25) is 0 Å². The fourth-order valence-electron chi connectivity index (χ4n) is 19.5. The number of rotatable bonds is 18. The van der Waals surface area contributed by atoms with Crippen LogP contribution < -0.4 is 19.6 Å². The van der Waals surface area contributed by atoms with Crippen LogP contribution in [0.1, 0.15) is 195 Å². The summed E-state index contributed by atoms with van der Waals surface area (Å²) < 4.78 is 0. The van der Waals surface area contributed by atoms with Gasteiger partial charge in [-0.05, 0) is 316 Å². The molecular formula is C105H104N4. The second-order valence-electron chi connectivity index (χ2n) is 33.0. The van der Waals surface area contributed by atoms with Crippen molar-refractivity contribution in [1.29, 1.82) is 0 Å². The fraction of sp³-hybridized carbons (Fsp3) is 0.276. The van der Waals surface area contributed by atoms with Crippen molar-refractivity contribution < 1.29 is 0 Å². The van der Waals surface area contributed by atoms with Gasteiger partial charge in [-0.25, -0.2) is 0 Å². The van der Waals surface area contributed by atoms with Gasteiger partial charge in [0, 0.05) is 68.2 Å². The topological polar surface area (TPSA) is 13.0 Å². The van der Waals surface area contributed by atoms with Crippen LogP contribution in [0.4, 0.5) is 68.2 Å². The highest BCUT2D eigenvalue weighted by Crippen LogP contribution is 2.66. The first-order chi connectivity index (χ1) is 53.6. The van der Waals surface area contributed by atoms with Crippen LogP contribution in [0.25, 0.3) is 34.4 Å². The third-order valence-corrected chi connectivity index (χ3v) is 25.3. The van der Waals surface area contributed by atoms with E-state index in [1.807, 2.05) is 0 Å². The zero-order chi connectivity index (χ0) is 73.4. The Bertz CT molecular complexity index is 4930. The monoisotopic (exact) mass is 1420 g/mol. The summed E-state index contributed by atoms with van der Waals surface area (Å²) in [6.45, 7) is 8.82. The number of allylic oxidation sites excluding steroid dienone is 2. The molecule has 4 saturated carbocycles. The van der Waals surface area contributed by atoms with Gasteiger partial charge >= 0.3 is 0 Å². The normalized spacial score (nSPS) is 15.9. The molecule has 0 amide bonds. The minimum absolute atomic E-state index is 0.748. The van der Waals surface area contributed by atoms with Crippen molar-refractivity contribution in [2.75, 3.05) is 19.6 Å². The Labute approximate surface area is 649 Å². The van der Waals surface area contributed by atoms with Crippen LogP contribution in [0.3, 0.4) is 0 Å². The summed E-state index contributed by atoms with van der Waals surface area (Å²) in [4.78, 5) is 10.1. The Kier molecular flexibility index (Phi) is 19.8. The highest BCUT2D eigenvalue weighted by molar-refractivity contribution is 6.00. The average Bonchev–Trinajstić information content (AvgIpc) is 1.50. The van der Waals surface area contributed by atoms with Gasteiger partial charge in [-0.15, -0.1) is 0 Å². The highest BCUT2D eigenvalue weighted by atomic mass is 15.2. The number of nitrogens with zero attached hydrogens (tertiary/aromatic N) is 4. The number of hydrogen-bond acceptors (Lipinski definition) is 4. The molecule has 12 aromatic rings. The highest BCUT2D eigenvalue weighted by Gasteiger charge is 2.53. The lowest BCUT2D eigenvalue weighted by Crippen LogP contribution is -2.27. The van der Waals surface area contributed by atoms with E-state index in [4.69, 9.17) is 0 Å². The van der Waals surface area contributed by atoms with E-state index in [0.29, 0.717) is 0 Å². The van der Waals surface area contributed by atoms with Crippen molar-refractivity contribution >= 4 is 80.4 Å². The van der Waals surface area contributed by atoms with E-state index in [1.54, 1.807) is 11.1 Å². The Morgan fingerprint density at radius 3 is 0.725 bits per heavy atom. The fourth-order valence-corrected chi connectivity index (χ4v) is 19.5. The molecule has 0 unspecified atom stereocenters. The molecular weight excluding hydrogens is 1320 g/mol. The van der Waals surface area contributed by atoms with E-state index in [9.17, 15) is 0 Å². The Morgan fingerprint density at radius 2 is 0.468 bits per heavy atom. The number of fused-ring (bicyclic) bond motifs is 10. The second-order valence-corrected chi connectivity index (χ2v) is 33.0. The molecule has 0 saturated heterocycles. The van der Waals surface area contributed by atoms with Crippen LogP contribution in [0.5, 0.6) is 0 Å². The Morgan fingerprint density at radius 1 is 0.248 bits per heavy atom. The molecule has 6 aliphatic rings. The zero-order valence-corrected chi connectivity index (χ0v) is 64.6. The molecule has 0 aromatic heterocycles. The first-order valence-corrected chi connectivity index (χ1v) is 41.4. The van der Waals surface area contributed by atoms with Gasteiger partial charge in [0.15, 0.2) is 0 Å². The summed E-state index contributed by atoms with van der Waals surface area (Å²) >= 11 is 0. The molecule has 4 nitrogen and oxygen atoms in total. The van der Waals surface area contributed by atoms with E-state index >= 15 is 0 Å². The van der Waals surface area contributed by atoms with E-state index in [2.05, 4.69) is 326 Å². The van der Waals surface area contributed by atoms with Crippen LogP contribution in [0.15, 0.2) is 278 Å². The Hall–Kier alpha value is -10.7. The lowest BCUT2D eigenvalue weighted by atomic mass is 9.70. The predicted molar refractivity (Wildman–Crippen MR) is 463 cm³/mol. The lowest BCUT2D eigenvalue weighted by molar-refractivity contribution is 0.356. The van der Waals surface area contributed by atoms with Crippen LogP contribution in [0, 0.1) is 39.5 Å². The SMILES string of the molecule is Cc1ccc(N(c2ccc(C=C3CCCCC3)cc2)c2ccc3c(c2)C2(c4cc(N(c5ccc(C)cc5)c5ccc(C=C6CCCCC6)cc5)ccc4-3)c3cc(N(c4ccc(C)cc4)c4ccc(CC5CCCCC5)cc4)ccc3-c3ccc(N(c4ccc(C)cc4)c4ccc(CC5CCCCC5)cc4)cc32)cc1. The van der Waals surface area contributed by atoms with Crippen LogP contribution >= 0.6 is 0 Å². The van der Waals surface area contributed by atoms with Crippen molar-refractivity contribution in [3.8, 4) is 22.3 Å². The quantitative estimate of drug-likeness (QED) is 0.0849. The molecule has 0 atom stereocenters. The van der Waals surface area contributed by atoms with E-state index in [1.165, 1.54) is 217 Å². The standard InChI is InChI=1S/C105H104N4/c1-73-25-41-85(42-26-73)106(89-49-33-81(34-50-89)65-77-17-9-5-10-18-77)93-57-61-97-98-62-58-94(107(86-43-27-74(2)28-44-86)90-51-35-82(36-52-90)66-78-19-11-6-12-20-78)70-102(98)105(101(97)69-93)103-71-95(108(87-45-29-75(3)30-46-87)91-53-37-83(38-54-91)67-79-21-13-7-14-22-79)59-63-99(103)100-64-60-96(72-104(100)105)109(88-47-31-76(4)32-48-88)92-55-39-84(40-56-92)68-80-23-15-8-16-24-80/h25-66,69-72,79-80H,5-24,67-68H2,1-4H3. The smallest absolute Gasteiger partial charge is 0.0728 e. The predicted octanol–water partition coefficient (Wildman–Crippen LogP) is 30.1. The third kappa shape index (κ3) is 14.2. The lowest BCUT2D eigenvalue weighted by Gasteiger charge is -2.35. The number of benzene rings is 12. The Balaban J connectivity index is 0.886. The van der Waals surface area contributed by atoms with Crippen molar-refractivity contribution in [3.63, 3.8) is 0 Å². The number of aryl methyl sites for hydroxylation is 4. The van der Waals surface area contributed by atoms with Gasteiger partial charge in [-0.2, -0.15) is 0 Å². The van der Waals surface area contributed by atoms with Gasteiger partial charge in [-0.1, -0.05) is 244 Å². The summed E-state index contributed by atoms with van der Waals surface area (Å²) in [6, 6.07) is 105. The van der Waals surface area contributed by atoms with Crippen LogP contribution in [0.2, 0.25) is 0 Å². The molecule has 0 heterocycles. The maximum absolute atomic E-state index is 2.61. The van der Waals surface area contributed by atoms with E-state index < -0.39 is 5.41 Å². The van der Waals surface area contributed by atoms with E-state index in [0.717, 1.165) is 92.9 Å². The van der Waals surface area contributed by atoms with Gasteiger partial charge in [0.25, 0.3) is 0 Å². The minimum atomic E-state index is -0.872. The van der Waals surface area contributed by atoms with Crippen molar-refractivity contribution in [1.82, 2.24) is 0 Å².